The van der Waals surface area contributed by atoms with Gasteiger partial charge in [0.25, 0.3) is 0 Å². The van der Waals surface area contributed by atoms with E-state index in [9.17, 15) is 20.4 Å². The molecule has 156 valence electrons. The first-order chi connectivity index (χ1) is 14.1. The number of hydrogen-bond donors (Lipinski definition) is 5. The van der Waals surface area contributed by atoms with E-state index in [1.807, 2.05) is 30.3 Å². The van der Waals surface area contributed by atoms with E-state index in [2.05, 4.69) is 20.6 Å². The molecule has 4 rings (SSSR count). The lowest BCUT2D eigenvalue weighted by Gasteiger charge is -2.40. The van der Waals surface area contributed by atoms with Gasteiger partial charge < -0.3 is 30.5 Å². The number of amidine groups is 1. The van der Waals surface area contributed by atoms with E-state index in [1.165, 1.54) is 4.68 Å². The van der Waals surface area contributed by atoms with Crippen molar-refractivity contribution in [1.29, 1.82) is 0 Å². The van der Waals surface area contributed by atoms with Gasteiger partial charge in [0.15, 0.2) is 17.8 Å². The largest absolute Gasteiger partial charge is 0.394 e. The third-order valence-corrected chi connectivity index (χ3v) is 5.22. The number of aliphatic imine (C=N–C) groups is 1. The Kier molecular flexibility index (Phi) is 5.88. The number of rotatable bonds is 4. The zero-order chi connectivity index (χ0) is 20.4. The van der Waals surface area contributed by atoms with Crippen LogP contribution in [0, 0.1) is 0 Å². The topological polar surface area (TPSA) is 145 Å². The lowest BCUT2D eigenvalue weighted by Crippen LogP contribution is -2.56. The van der Waals surface area contributed by atoms with E-state index in [-0.39, 0.29) is 0 Å². The average Bonchev–Trinajstić information content (AvgIpc) is 3.00. The molecule has 10 nitrogen and oxygen atoms in total. The summed E-state index contributed by atoms with van der Waals surface area (Å²) in [7, 11) is 0. The summed E-state index contributed by atoms with van der Waals surface area (Å²) in [5.41, 5.74) is 1.84. The van der Waals surface area contributed by atoms with E-state index in [0.717, 1.165) is 24.9 Å². The lowest BCUT2D eigenvalue weighted by atomic mass is 9.98. The zero-order valence-corrected chi connectivity index (χ0v) is 15.8. The highest BCUT2D eigenvalue weighted by Gasteiger charge is 2.45. The van der Waals surface area contributed by atoms with Crippen LogP contribution in [-0.2, 0) is 4.74 Å². The maximum absolute atomic E-state index is 10.6. The van der Waals surface area contributed by atoms with Crippen molar-refractivity contribution in [2.45, 2.75) is 43.5 Å². The number of aromatic nitrogens is 3. The van der Waals surface area contributed by atoms with Crippen molar-refractivity contribution in [1.82, 2.24) is 20.3 Å². The summed E-state index contributed by atoms with van der Waals surface area (Å²) in [5, 5.41) is 52.1. The maximum atomic E-state index is 10.6. The fourth-order valence-corrected chi connectivity index (χ4v) is 3.63. The van der Waals surface area contributed by atoms with Crippen LogP contribution in [0.1, 0.15) is 24.8 Å². The van der Waals surface area contributed by atoms with E-state index in [4.69, 9.17) is 4.74 Å². The molecule has 1 aromatic heterocycles. The number of hydrogen-bond acceptors (Lipinski definition) is 9. The molecule has 0 aliphatic carbocycles. The Bertz CT molecular complexity index is 856. The number of benzene rings is 1. The summed E-state index contributed by atoms with van der Waals surface area (Å²) in [5.74, 6) is 0.609. The smallest absolute Gasteiger partial charge is 0.181 e. The van der Waals surface area contributed by atoms with Crippen molar-refractivity contribution in [2.75, 3.05) is 19.7 Å². The van der Waals surface area contributed by atoms with Crippen LogP contribution >= 0.6 is 0 Å². The van der Waals surface area contributed by atoms with Gasteiger partial charge in [0, 0.05) is 18.7 Å². The van der Waals surface area contributed by atoms with Gasteiger partial charge in [-0.05, 0) is 12.8 Å². The molecule has 5 atom stereocenters. The molecule has 0 radical (unpaired) electrons. The van der Waals surface area contributed by atoms with Crippen molar-refractivity contribution in [3.8, 4) is 11.3 Å². The van der Waals surface area contributed by atoms with Crippen molar-refractivity contribution in [3.05, 3.63) is 36.0 Å². The van der Waals surface area contributed by atoms with Crippen LogP contribution in [-0.4, -0.2) is 85.4 Å². The predicted molar refractivity (Wildman–Crippen MR) is 103 cm³/mol. The van der Waals surface area contributed by atoms with Gasteiger partial charge in [0.05, 0.1) is 6.61 Å². The first-order valence-corrected chi connectivity index (χ1v) is 9.71. The van der Waals surface area contributed by atoms with E-state index < -0.39 is 37.3 Å². The van der Waals surface area contributed by atoms with Gasteiger partial charge >= 0.3 is 0 Å². The molecular weight excluding hydrogens is 378 g/mol. The highest BCUT2D eigenvalue weighted by Crippen LogP contribution is 2.33. The molecule has 0 unspecified atom stereocenters. The number of nitrogens with one attached hydrogen (secondary N) is 1. The third-order valence-electron chi connectivity index (χ3n) is 5.22. The van der Waals surface area contributed by atoms with Crippen molar-refractivity contribution in [2.24, 2.45) is 4.99 Å². The Morgan fingerprint density at radius 2 is 1.86 bits per heavy atom. The SMILES string of the molecule is OC[C@H]1O[C@@H](n2nnc(C3=NCCCCN3)c2-c2ccccc2)[C@H](O)[C@@H](O)[C@@H]1O. The minimum Gasteiger partial charge on any atom is -0.394 e. The van der Waals surface area contributed by atoms with Crippen LogP contribution < -0.4 is 5.32 Å². The molecule has 0 bridgehead atoms. The van der Waals surface area contributed by atoms with Gasteiger partial charge in [0.1, 0.15) is 30.1 Å². The van der Waals surface area contributed by atoms with E-state index in [0.29, 0.717) is 23.8 Å². The number of aliphatic hydroxyl groups is 4. The molecule has 1 saturated heterocycles. The molecule has 2 aromatic rings. The van der Waals surface area contributed by atoms with Gasteiger partial charge in [-0.15, -0.1) is 5.10 Å². The van der Waals surface area contributed by atoms with Gasteiger partial charge in [0.2, 0.25) is 0 Å². The van der Waals surface area contributed by atoms with Crippen molar-refractivity contribution >= 4 is 5.84 Å². The van der Waals surface area contributed by atoms with Crippen LogP contribution in [0.3, 0.4) is 0 Å². The predicted octanol–water partition coefficient (Wildman–Crippen LogP) is -0.952. The molecule has 29 heavy (non-hydrogen) atoms. The first kappa shape index (κ1) is 19.9. The van der Waals surface area contributed by atoms with Crippen LogP contribution in [0.5, 0.6) is 0 Å². The summed E-state index contributed by atoms with van der Waals surface area (Å²) in [4.78, 5) is 4.57. The zero-order valence-electron chi connectivity index (χ0n) is 15.8. The minimum atomic E-state index is -1.50. The minimum absolute atomic E-state index is 0.509. The fraction of sp³-hybridized carbons (Fsp3) is 0.526. The third kappa shape index (κ3) is 3.77. The molecule has 2 aliphatic heterocycles. The maximum Gasteiger partial charge on any atom is 0.181 e. The number of nitrogens with zero attached hydrogens (tertiary/aromatic N) is 4. The van der Waals surface area contributed by atoms with Gasteiger partial charge in [-0.25, -0.2) is 4.68 Å². The van der Waals surface area contributed by atoms with Gasteiger partial charge in [-0.2, -0.15) is 0 Å². The molecule has 2 aliphatic rings. The standard InChI is InChI=1S/C19H25N5O5/c25-10-12-15(26)16(27)17(28)19(29-12)24-14(11-6-2-1-3-7-11)13(22-23-24)18-20-8-4-5-9-21-18/h1-3,6-7,12,15-17,19,25-28H,4-5,8-10H2,(H,20,21)/t12-,15-,16+,17-,19-/m1/s1. The second-order valence-electron chi connectivity index (χ2n) is 7.18. The molecular formula is C19H25N5O5. The van der Waals surface area contributed by atoms with Crippen LogP contribution in [0.25, 0.3) is 11.3 Å². The molecule has 0 amide bonds. The summed E-state index contributed by atoms with van der Waals surface area (Å²) in [6, 6.07) is 9.37. The molecule has 10 heteroatoms. The summed E-state index contributed by atoms with van der Waals surface area (Å²) < 4.78 is 7.07. The van der Waals surface area contributed by atoms with Gasteiger partial charge in [-0.3, -0.25) is 4.99 Å². The van der Waals surface area contributed by atoms with E-state index >= 15 is 0 Å². The molecule has 1 fully saturated rings. The summed E-state index contributed by atoms with van der Waals surface area (Å²) >= 11 is 0. The summed E-state index contributed by atoms with van der Waals surface area (Å²) in [6.07, 6.45) is -4.63. The molecule has 3 heterocycles. The lowest BCUT2D eigenvalue weighted by molar-refractivity contribution is -0.253. The molecule has 0 saturated carbocycles. The summed E-state index contributed by atoms with van der Waals surface area (Å²) in [6.45, 7) is 0.918. The molecule has 1 aromatic carbocycles. The van der Waals surface area contributed by atoms with Crippen molar-refractivity contribution < 1.29 is 25.2 Å². The number of ether oxygens (including phenoxy) is 1. The van der Waals surface area contributed by atoms with Crippen LogP contribution in [0.2, 0.25) is 0 Å². The number of aliphatic hydroxyl groups excluding tert-OH is 4. The monoisotopic (exact) mass is 403 g/mol. The molecule has 0 spiro atoms. The normalized spacial score (nSPS) is 30.3. The van der Waals surface area contributed by atoms with Gasteiger partial charge in [-0.1, -0.05) is 35.5 Å². The van der Waals surface area contributed by atoms with Crippen LogP contribution in [0.15, 0.2) is 35.3 Å². The fourth-order valence-electron chi connectivity index (χ4n) is 3.63. The second kappa shape index (κ2) is 8.56. The highest BCUT2D eigenvalue weighted by atomic mass is 16.6. The average molecular weight is 403 g/mol. The van der Waals surface area contributed by atoms with E-state index in [1.54, 1.807) is 0 Å². The Labute approximate surface area is 167 Å². The van der Waals surface area contributed by atoms with Crippen molar-refractivity contribution in [3.63, 3.8) is 0 Å². The quantitative estimate of drug-likeness (QED) is 0.439. The Morgan fingerprint density at radius 3 is 2.62 bits per heavy atom. The highest BCUT2D eigenvalue weighted by molar-refractivity contribution is 6.02. The Morgan fingerprint density at radius 1 is 1.07 bits per heavy atom. The Balaban J connectivity index is 1.80. The second-order valence-corrected chi connectivity index (χ2v) is 7.18. The molecule has 5 N–H and O–H groups in total. The first-order valence-electron chi connectivity index (χ1n) is 9.71. The van der Waals surface area contributed by atoms with Crippen LogP contribution in [0.4, 0.5) is 0 Å². The Hall–Kier alpha value is -2.37.